The highest BCUT2D eigenvalue weighted by atomic mass is 16.4. The van der Waals surface area contributed by atoms with Crippen LogP contribution >= 0.6 is 0 Å². The molecule has 0 fully saturated rings. The zero-order valence-corrected chi connectivity index (χ0v) is 9.41. The van der Waals surface area contributed by atoms with Crippen molar-refractivity contribution in [1.82, 2.24) is 0 Å². The molecule has 1 aromatic rings. The summed E-state index contributed by atoms with van der Waals surface area (Å²) in [4.78, 5) is 10.8. The van der Waals surface area contributed by atoms with Crippen molar-refractivity contribution < 1.29 is 15.6 Å². The highest BCUT2D eigenvalue weighted by molar-refractivity contribution is 5.71. The Labute approximate surface area is 89.9 Å². The standard InChI is InChI=1S/C12H17NO2/c1-7-5-4-6-8(2)10(7)9(3)11(13)12(14)15/h4-6,9,11H,13H2,1-3H3,(H,14,15)/t9-,11+/m0/s1. The molecule has 0 unspecified atom stereocenters. The van der Waals surface area contributed by atoms with Crippen molar-refractivity contribution in [2.75, 3.05) is 0 Å². The molecule has 1 aromatic carbocycles. The van der Waals surface area contributed by atoms with E-state index in [1.165, 1.54) is 0 Å². The molecule has 3 N–H and O–H groups in total. The number of aliphatic carboxylic acids is 1. The van der Waals surface area contributed by atoms with Gasteiger partial charge in [-0.25, -0.2) is 0 Å². The summed E-state index contributed by atoms with van der Waals surface area (Å²) in [6.07, 6.45) is 0. The van der Waals surface area contributed by atoms with Gasteiger partial charge in [0.05, 0.1) is 5.97 Å². The van der Waals surface area contributed by atoms with Crippen LogP contribution in [0.4, 0.5) is 0 Å². The first-order valence-electron chi connectivity index (χ1n) is 5.05. The quantitative estimate of drug-likeness (QED) is 0.743. The lowest BCUT2D eigenvalue weighted by molar-refractivity contribution is -0.441. The van der Waals surface area contributed by atoms with Gasteiger partial charge in [0, 0.05) is 5.92 Å². The van der Waals surface area contributed by atoms with Gasteiger partial charge in [0.2, 0.25) is 0 Å². The zero-order chi connectivity index (χ0) is 11.6. The lowest BCUT2D eigenvalue weighted by Gasteiger charge is -2.21. The first-order chi connectivity index (χ1) is 6.95. The Kier molecular flexibility index (Phi) is 3.48. The summed E-state index contributed by atoms with van der Waals surface area (Å²) >= 11 is 0. The number of carbonyl (C=O) groups is 1. The third kappa shape index (κ3) is 2.36. The maximum absolute atomic E-state index is 10.8. The highest BCUT2D eigenvalue weighted by Crippen LogP contribution is 2.24. The van der Waals surface area contributed by atoms with Crippen molar-refractivity contribution in [3.05, 3.63) is 34.9 Å². The molecular formula is C12H17NO2. The molecule has 0 heterocycles. The maximum atomic E-state index is 10.8. The van der Waals surface area contributed by atoms with Crippen molar-refractivity contribution >= 4 is 5.97 Å². The molecule has 0 aliphatic carbocycles. The van der Waals surface area contributed by atoms with E-state index in [9.17, 15) is 9.90 Å². The molecule has 0 aliphatic heterocycles. The number of carboxylic acid groups (broad SMARTS) is 1. The number of hydrogen-bond acceptors (Lipinski definition) is 2. The van der Waals surface area contributed by atoms with Crippen molar-refractivity contribution in [2.24, 2.45) is 0 Å². The van der Waals surface area contributed by atoms with E-state index in [4.69, 9.17) is 0 Å². The summed E-state index contributed by atoms with van der Waals surface area (Å²) in [5, 5.41) is 10.8. The van der Waals surface area contributed by atoms with Crippen LogP contribution in [-0.4, -0.2) is 12.0 Å². The normalized spacial score (nSPS) is 14.7. The predicted octanol–water partition coefficient (Wildman–Crippen LogP) is -0.233. The van der Waals surface area contributed by atoms with Gasteiger partial charge in [0.15, 0.2) is 0 Å². The van der Waals surface area contributed by atoms with E-state index in [-0.39, 0.29) is 5.92 Å². The van der Waals surface area contributed by atoms with Crippen LogP contribution in [0.15, 0.2) is 18.2 Å². The monoisotopic (exact) mass is 207 g/mol. The van der Waals surface area contributed by atoms with E-state index >= 15 is 0 Å². The molecule has 15 heavy (non-hydrogen) atoms. The van der Waals surface area contributed by atoms with Gasteiger partial charge in [-0.1, -0.05) is 25.1 Å². The summed E-state index contributed by atoms with van der Waals surface area (Å²) in [7, 11) is 0. The fourth-order valence-electron chi connectivity index (χ4n) is 1.95. The first kappa shape index (κ1) is 11.7. The second kappa shape index (κ2) is 4.45. The van der Waals surface area contributed by atoms with Crippen molar-refractivity contribution in [2.45, 2.75) is 32.7 Å². The zero-order valence-electron chi connectivity index (χ0n) is 9.41. The third-order valence-electron chi connectivity index (χ3n) is 2.90. The van der Waals surface area contributed by atoms with E-state index in [0.717, 1.165) is 16.7 Å². The van der Waals surface area contributed by atoms with Crippen molar-refractivity contribution in [3.63, 3.8) is 0 Å². The fourth-order valence-corrected chi connectivity index (χ4v) is 1.95. The van der Waals surface area contributed by atoms with Crippen LogP contribution < -0.4 is 10.8 Å². The van der Waals surface area contributed by atoms with E-state index in [1.54, 1.807) is 0 Å². The Morgan fingerprint density at radius 3 is 2.20 bits per heavy atom. The third-order valence-corrected chi connectivity index (χ3v) is 2.90. The molecule has 82 valence electrons. The molecule has 3 nitrogen and oxygen atoms in total. The Balaban J connectivity index is 3.10. The average Bonchev–Trinajstić information content (AvgIpc) is 2.15. The lowest BCUT2D eigenvalue weighted by Crippen LogP contribution is -2.70. The van der Waals surface area contributed by atoms with E-state index in [0.29, 0.717) is 0 Å². The summed E-state index contributed by atoms with van der Waals surface area (Å²) in [6, 6.07) is 5.24. The van der Waals surface area contributed by atoms with Crippen LogP contribution in [0.2, 0.25) is 0 Å². The number of benzene rings is 1. The number of carbonyl (C=O) groups excluding carboxylic acids is 1. The van der Waals surface area contributed by atoms with Gasteiger partial charge in [0.1, 0.15) is 6.04 Å². The molecule has 0 spiro atoms. The molecule has 0 saturated heterocycles. The minimum absolute atomic E-state index is 0.115. The molecule has 0 aliphatic rings. The number of hydrogen-bond donors (Lipinski definition) is 1. The Morgan fingerprint density at radius 1 is 1.33 bits per heavy atom. The number of aryl methyl sites for hydroxylation is 2. The van der Waals surface area contributed by atoms with Gasteiger partial charge in [-0.15, -0.1) is 0 Å². The van der Waals surface area contributed by atoms with Crippen LogP contribution in [0.1, 0.15) is 29.5 Å². The molecule has 1 rings (SSSR count). The average molecular weight is 207 g/mol. The highest BCUT2D eigenvalue weighted by Gasteiger charge is 2.22. The maximum Gasteiger partial charge on any atom is 0.131 e. The molecule has 0 aromatic heterocycles. The summed E-state index contributed by atoms with van der Waals surface area (Å²) < 4.78 is 0. The summed E-state index contributed by atoms with van der Waals surface area (Å²) in [5.41, 5.74) is 6.92. The van der Waals surface area contributed by atoms with Crippen LogP contribution in [0, 0.1) is 13.8 Å². The predicted molar refractivity (Wildman–Crippen MR) is 56.0 cm³/mol. The van der Waals surface area contributed by atoms with E-state index in [1.807, 2.05) is 39.0 Å². The largest absolute Gasteiger partial charge is 0.544 e. The molecule has 3 heteroatoms. The SMILES string of the molecule is Cc1cccc(C)c1[C@H](C)[C@@H]([NH3+])C(=O)[O-]. The van der Waals surface area contributed by atoms with Crippen LogP contribution in [-0.2, 0) is 4.79 Å². The minimum Gasteiger partial charge on any atom is -0.544 e. The summed E-state index contributed by atoms with van der Waals surface area (Å²) in [6.45, 7) is 5.85. The van der Waals surface area contributed by atoms with Gasteiger partial charge in [-0.05, 0) is 30.5 Å². The molecule has 0 bridgehead atoms. The molecule has 2 atom stereocenters. The molecule has 0 saturated carbocycles. The Morgan fingerprint density at radius 2 is 1.80 bits per heavy atom. The fraction of sp³-hybridized carbons (Fsp3) is 0.417. The van der Waals surface area contributed by atoms with Gasteiger partial charge < -0.3 is 15.6 Å². The Hall–Kier alpha value is -1.35. The van der Waals surface area contributed by atoms with Gasteiger partial charge in [-0.2, -0.15) is 0 Å². The lowest BCUT2D eigenvalue weighted by atomic mass is 9.87. The second-order valence-electron chi connectivity index (χ2n) is 4.02. The topological polar surface area (TPSA) is 67.8 Å². The number of carboxylic acids is 1. The first-order valence-corrected chi connectivity index (χ1v) is 5.05. The molecule has 0 amide bonds. The smallest absolute Gasteiger partial charge is 0.131 e. The van der Waals surface area contributed by atoms with Gasteiger partial charge in [-0.3, -0.25) is 0 Å². The van der Waals surface area contributed by atoms with Gasteiger partial charge >= 0.3 is 0 Å². The van der Waals surface area contributed by atoms with E-state index in [2.05, 4.69) is 5.73 Å². The van der Waals surface area contributed by atoms with Crippen molar-refractivity contribution in [3.8, 4) is 0 Å². The van der Waals surface area contributed by atoms with Crippen LogP contribution in [0.3, 0.4) is 0 Å². The van der Waals surface area contributed by atoms with Crippen LogP contribution in [0.25, 0.3) is 0 Å². The van der Waals surface area contributed by atoms with Gasteiger partial charge in [0.25, 0.3) is 0 Å². The molecule has 0 radical (unpaired) electrons. The Bertz CT molecular complexity index is 354. The number of rotatable bonds is 3. The van der Waals surface area contributed by atoms with E-state index < -0.39 is 12.0 Å². The number of quaternary nitrogens is 1. The minimum atomic E-state index is -1.09. The molecular weight excluding hydrogens is 190 g/mol. The van der Waals surface area contributed by atoms with Crippen molar-refractivity contribution in [1.29, 1.82) is 0 Å². The second-order valence-corrected chi connectivity index (χ2v) is 4.02. The summed E-state index contributed by atoms with van der Waals surface area (Å²) in [5.74, 6) is -1.21. The van der Waals surface area contributed by atoms with Crippen LogP contribution in [0.5, 0.6) is 0 Å².